The molecular weight excluding hydrogens is 374 g/mol. The number of fused-ring (bicyclic) bond motifs is 1. The van der Waals surface area contributed by atoms with Crippen molar-refractivity contribution in [3.8, 4) is 0 Å². The molecule has 0 spiro atoms. The summed E-state index contributed by atoms with van der Waals surface area (Å²) in [4.78, 5) is 37.9. The van der Waals surface area contributed by atoms with Gasteiger partial charge in [-0.15, -0.1) is 0 Å². The van der Waals surface area contributed by atoms with E-state index >= 15 is 0 Å². The van der Waals surface area contributed by atoms with Crippen LogP contribution in [0.3, 0.4) is 0 Å². The summed E-state index contributed by atoms with van der Waals surface area (Å²) in [6, 6.07) is 10.2. The number of anilines is 3. The highest BCUT2D eigenvalue weighted by Crippen LogP contribution is 2.27. The third-order valence-electron chi connectivity index (χ3n) is 5.05. The number of cyclic esters (lactones) is 1. The van der Waals surface area contributed by atoms with Gasteiger partial charge in [-0.2, -0.15) is 0 Å². The van der Waals surface area contributed by atoms with Gasteiger partial charge in [-0.3, -0.25) is 14.0 Å². The first-order valence-corrected chi connectivity index (χ1v) is 9.13. The number of amides is 3. The molecule has 0 radical (unpaired) electrons. The van der Waals surface area contributed by atoms with Crippen LogP contribution < -0.4 is 21.2 Å². The molecule has 1 aliphatic rings. The molecule has 3 amide bonds. The lowest BCUT2D eigenvalue weighted by atomic mass is 10.1. The van der Waals surface area contributed by atoms with Gasteiger partial charge in [-0.05, 0) is 42.8 Å². The normalized spacial score (nSPS) is 13.6. The fourth-order valence-electron chi connectivity index (χ4n) is 3.47. The van der Waals surface area contributed by atoms with Crippen molar-refractivity contribution in [1.29, 1.82) is 0 Å². The van der Waals surface area contributed by atoms with Crippen molar-refractivity contribution >= 4 is 40.2 Å². The van der Waals surface area contributed by atoms with Crippen molar-refractivity contribution < 1.29 is 14.3 Å². The first kappa shape index (κ1) is 18.6. The highest BCUT2D eigenvalue weighted by atomic mass is 16.6. The van der Waals surface area contributed by atoms with E-state index in [1.54, 1.807) is 53.9 Å². The quantitative estimate of drug-likeness (QED) is 0.713. The zero-order valence-corrected chi connectivity index (χ0v) is 16.4. The van der Waals surface area contributed by atoms with Gasteiger partial charge in [0.2, 0.25) is 0 Å². The molecule has 0 atom stereocenters. The number of benzene rings is 2. The van der Waals surface area contributed by atoms with Crippen LogP contribution in [0.4, 0.5) is 26.7 Å². The number of aromatic nitrogens is 2. The number of nitrogens with one attached hydrogen (secondary N) is 2. The molecule has 1 fully saturated rings. The van der Waals surface area contributed by atoms with Gasteiger partial charge < -0.3 is 15.4 Å². The molecule has 1 aromatic heterocycles. The van der Waals surface area contributed by atoms with Crippen LogP contribution >= 0.6 is 0 Å². The molecule has 4 rings (SSSR count). The number of hydrogen-bond donors (Lipinski definition) is 2. The topological polar surface area (TPSA) is 97.6 Å². The number of urea groups is 1. The number of hydrogen-bond acceptors (Lipinski definition) is 4. The Labute approximate surface area is 166 Å². The second kappa shape index (κ2) is 7.01. The molecule has 9 heteroatoms. The predicted octanol–water partition coefficient (Wildman–Crippen LogP) is 2.79. The summed E-state index contributed by atoms with van der Waals surface area (Å²) in [5.41, 5.74) is 4.10. The van der Waals surface area contributed by atoms with Crippen molar-refractivity contribution in [2.24, 2.45) is 14.1 Å². The number of nitrogens with zero attached hydrogens (tertiary/aromatic N) is 3. The molecular formula is C20H21N5O4. The summed E-state index contributed by atoms with van der Waals surface area (Å²) >= 11 is 0. The zero-order valence-electron chi connectivity index (χ0n) is 16.4. The minimum atomic E-state index is -0.427. The largest absolute Gasteiger partial charge is 0.447 e. The maximum atomic E-state index is 12.5. The van der Waals surface area contributed by atoms with E-state index in [1.165, 1.54) is 4.57 Å². The van der Waals surface area contributed by atoms with E-state index < -0.39 is 12.1 Å². The van der Waals surface area contributed by atoms with E-state index in [0.717, 1.165) is 16.6 Å². The summed E-state index contributed by atoms with van der Waals surface area (Å²) in [6.07, 6.45) is -0.392. The minimum Gasteiger partial charge on any atom is -0.447 e. The summed E-state index contributed by atoms with van der Waals surface area (Å²) < 4.78 is 8.07. The summed E-state index contributed by atoms with van der Waals surface area (Å²) in [5, 5.41) is 5.54. The lowest BCUT2D eigenvalue weighted by Crippen LogP contribution is -2.25. The third-order valence-corrected chi connectivity index (χ3v) is 5.05. The maximum Gasteiger partial charge on any atom is 0.414 e. The van der Waals surface area contributed by atoms with Crippen LogP contribution in [0.2, 0.25) is 0 Å². The van der Waals surface area contributed by atoms with Gasteiger partial charge in [0.1, 0.15) is 6.61 Å². The van der Waals surface area contributed by atoms with Crippen LogP contribution in [-0.4, -0.2) is 34.4 Å². The zero-order chi connectivity index (χ0) is 20.7. The Bertz CT molecular complexity index is 1190. The van der Waals surface area contributed by atoms with Gasteiger partial charge in [0, 0.05) is 25.5 Å². The molecule has 1 saturated heterocycles. The molecule has 9 nitrogen and oxygen atoms in total. The Kier molecular flexibility index (Phi) is 4.50. The molecule has 2 aromatic carbocycles. The van der Waals surface area contributed by atoms with Gasteiger partial charge in [0.05, 0.1) is 23.3 Å². The standard InChI is InChI=1S/C20H21N5O4/c1-12-4-5-13(10-16(12)25-8-9-29-20(25)28)21-18(26)22-14-6-7-15-17(11-14)24(3)19(27)23(15)2/h4-7,10-11H,8-9H2,1-3H3,(H2,21,22,26). The Hall–Kier alpha value is -3.75. The first-order chi connectivity index (χ1) is 13.8. The van der Waals surface area contributed by atoms with E-state index in [-0.39, 0.29) is 5.69 Å². The number of rotatable bonds is 3. The molecule has 2 heterocycles. The molecule has 0 bridgehead atoms. The fraction of sp³-hybridized carbons (Fsp3) is 0.250. The number of aryl methyl sites for hydroxylation is 3. The Balaban J connectivity index is 1.53. The van der Waals surface area contributed by atoms with Crippen molar-refractivity contribution in [2.45, 2.75) is 6.92 Å². The number of carbonyl (C=O) groups excluding carboxylic acids is 2. The fourth-order valence-corrected chi connectivity index (χ4v) is 3.47. The van der Waals surface area contributed by atoms with Crippen LogP contribution in [-0.2, 0) is 18.8 Å². The minimum absolute atomic E-state index is 0.130. The van der Waals surface area contributed by atoms with Crippen LogP contribution in [0, 0.1) is 6.92 Å². The molecule has 29 heavy (non-hydrogen) atoms. The van der Waals surface area contributed by atoms with Crippen molar-refractivity contribution in [1.82, 2.24) is 9.13 Å². The monoisotopic (exact) mass is 395 g/mol. The molecule has 0 aliphatic carbocycles. The van der Waals surface area contributed by atoms with Gasteiger partial charge in [-0.25, -0.2) is 14.4 Å². The van der Waals surface area contributed by atoms with Gasteiger partial charge in [0.25, 0.3) is 0 Å². The molecule has 2 N–H and O–H groups in total. The maximum absolute atomic E-state index is 12.5. The smallest absolute Gasteiger partial charge is 0.414 e. The van der Waals surface area contributed by atoms with E-state index in [1.807, 2.05) is 13.0 Å². The van der Waals surface area contributed by atoms with Crippen LogP contribution in [0.5, 0.6) is 0 Å². The molecule has 1 aliphatic heterocycles. The second-order valence-electron chi connectivity index (χ2n) is 6.95. The number of carbonyl (C=O) groups is 2. The molecule has 150 valence electrons. The first-order valence-electron chi connectivity index (χ1n) is 9.13. The number of imidazole rings is 1. The van der Waals surface area contributed by atoms with Crippen molar-refractivity contribution in [3.05, 3.63) is 52.4 Å². The summed E-state index contributed by atoms with van der Waals surface area (Å²) in [5.74, 6) is 0. The Morgan fingerprint density at radius 1 is 0.966 bits per heavy atom. The summed E-state index contributed by atoms with van der Waals surface area (Å²) in [6.45, 7) is 2.72. The average Bonchev–Trinajstić information content (AvgIpc) is 3.21. The molecule has 3 aromatic rings. The van der Waals surface area contributed by atoms with E-state index in [2.05, 4.69) is 10.6 Å². The lowest BCUT2D eigenvalue weighted by molar-refractivity contribution is 0.181. The van der Waals surface area contributed by atoms with E-state index in [9.17, 15) is 14.4 Å². The van der Waals surface area contributed by atoms with E-state index in [4.69, 9.17) is 4.74 Å². The van der Waals surface area contributed by atoms with Gasteiger partial charge in [-0.1, -0.05) is 6.07 Å². The average molecular weight is 395 g/mol. The second-order valence-corrected chi connectivity index (χ2v) is 6.95. The lowest BCUT2D eigenvalue weighted by Gasteiger charge is -2.17. The molecule has 0 unspecified atom stereocenters. The number of ether oxygens (including phenoxy) is 1. The SMILES string of the molecule is Cc1ccc(NC(=O)Nc2ccc3c(c2)n(C)c(=O)n3C)cc1N1CCOC1=O. The molecule has 0 saturated carbocycles. The van der Waals surface area contributed by atoms with Crippen LogP contribution in [0.25, 0.3) is 11.0 Å². The van der Waals surface area contributed by atoms with Gasteiger partial charge in [0.15, 0.2) is 0 Å². The third kappa shape index (κ3) is 3.31. The van der Waals surface area contributed by atoms with Gasteiger partial charge >= 0.3 is 17.8 Å². The highest BCUT2D eigenvalue weighted by molar-refractivity contribution is 6.01. The Morgan fingerprint density at radius 3 is 2.31 bits per heavy atom. The van der Waals surface area contributed by atoms with Crippen molar-refractivity contribution in [3.63, 3.8) is 0 Å². The predicted molar refractivity (Wildman–Crippen MR) is 111 cm³/mol. The Morgan fingerprint density at radius 2 is 1.62 bits per heavy atom. The summed E-state index contributed by atoms with van der Waals surface area (Å²) in [7, 11) is 3.39. The van der Waals surface area contributed by atoms with E-state index in [0.29, 0.717) is 30.2 Å². The van der Waals surface area contributed by atoms with Crippen molar-refractivity contribution in [2.75, 3.05) is 28.7 Å². The van der Waals surface area contributed by atoms with Crippen LogP contribution in [0.15, 0.2) is 41.2 Å². The van der Waals surface area contributed by atoms with Crippen LogP contribution in [0.1, 0.15) is 5.56 Å². The highest BCUT2D eigenvalue weighted by Gasteiger charge is 2.25.